The van der Waals surface area contributed by atoms with Gasteiger partial charge in [0.05, 0.1) is 6.04 Å². The summed E-state index contributed by atoms with van der Waals surface area (Å²) in [4.78, 5) is 0. The molecule has 2 rings (SSSR count). The Hall–Kier alpha value is -1.80. The highest BCUT2D eigenvalue weighted by Crippen LogP contribution is 2.22. The molecule has 0 fully saturated rings. The second-order valence-electron chi connectivity index (χ2n) is 5.48. The lowest BCUT2D eigenvalue weighted by atomic mass is 10.0. The van der Waals surface area contributed by atoms with Gasteiger partial charge in [-0.3, -0.25) is 0 Å². The second kappa shape index (κ2) is 7.84. The minimum atomic E-state index is 0.0701. The van der Waals surface area contributed by atoms with Crippen LogP contribution in [0.3, 0.4) is 0 Å². The van der Waals surface area contributed by atoms with Crippen molar-refractivity contribution in [2.75, 3.05) is 6.54 Å². The van der Waals surface area contributed by atoms with Gasteiger partial charge in [0.1, 0.15) is 11.9 Å². The maximum atomic E-state index is 6.15. The predicted molar refractivity (Wildman–Crippen MR) is 88.7 cm³/mol. The Morgan fingerprint density at radius 1 is 1.05 bits per heavy atom. The SMILES string of the molecule is CCCNC(c1ccccc1)C(C)Oc1cccc(C)c1. The molecule has 2 aromatic carbocycles. The zero-order valence-electron chi connectivity index (χ0n) is 13.2. The molecule has 2 unspecified atom stereocenters. The fraction of sp³-hybridized carbons (Fsp3) is 0.368. The molecular weight excluding hydrogens is 258 g/mol. The maximum Gasteiger partial charge on any atom is 0.120 e. The van der Waals surface area contributed by atoms with E-state index in [-0.39, 0.29) is 12.1 Å². The first kappa shape index (κ1) is 15.6. The summed E-state index contributed by atoms with van der Waals surface area (Å²) < 4.78 is 6.15. The van der Waals surface area contributed by atoms with E-state index < -0.39 is 0 Å². The van der Waals surface area contributed by atoms with Crippen LogP contribution in [0.1, 0.15) is 37.4 Å². The highest BCUT2D eigenvalue weighted by atomic mass is 16.5. The average molecular weight is 283 g/mol. The van der Waals surface area contributed by atoms with Crippen molar-refractivity contribution < 1.29 is 4.74 Å². The van der Waals surface area contributed by atoms with E-state index >= 15 is 0 Å². The van der Waals surface area contributed by atoms with Gasteiger partial charge in [0, 0.05) is 0 Å². The lowest BCUT2D eigenvalue weighted by Gasteiger charge is -2.26. The Balaban J connectivity index is 2.12. The van der Waals surface area contributed by atoms with Gasteiger partial charge in [-0.2, -0.15) is 0 Å². The third-order valence-electron chi connectivity index (χ3n) is 3.55. The first-order chi connectivity index (χ1) is 10.2. The number of benzene rings is 2. The van der Waals surface area contributed by atoms with Crippen molar-refractivity contribution in [3.63, 3.8) is 0 Å². The quantitative estimate of drug-likeness (QED) is 0.807. The fourth-order valence-corrected chi connectivity index (χ4v) is 2.49. The molecule has 0 amide bonds. The summed E-state index contributed by atoms with van der Waals surface area (Å²) in [5, 5.41) is 3.60. The summed E-state index contributed by atoms with van der Waals surface area (Å²) in [6.07, 6.45) is 1.18. The van der Waals surface area contributed by atoms with Gasteiger partial charge in [-0.15, -0.1) is 0 Å². The van der Waals surface area contributed by atoms with Crippen LogP contribution in [0.2, 0.25) is 0 Å². The second-order valence-corrected chi connectivity index (χ2v) is 5.48. The topological polar surface area (TPSA) is 21.3 Å². The number of rotatable bonds is 7. The summed E-state index contributed by atoms with van der Waals surface area (Å²) in [7, 11) is 0. The number of nitrogens with one attached hydrogen (secondary N) is 1. The Morgan fingerprint density at radius 2 is 1.81 bits per heavy atom. The maximum absolute atomic E-state index is 6.15. The molecule has 2 nitrogen and oxygen atoms in total. The molecule has 0 heterocycles. The lowest BCUT2D eigenvalue weighted by molar-refractivity contribution is 0.170. The fourth-order valence-electron chi connectivity index (χ4n) is 2.49. The van der Waals surface area contributed by atoms with Crippen LogP contribution < -0.4 is 10.1 Å². The smallest absolute Gasteiger partial charge is 0.120 e. The van der Waals surface area contributed by atoms with E-state index in [1.165, 1.54) is 11.1 Å². The highest BCUT2D eigenvalue weighted by molar-refractivity contribution is 5.28. The molecule has 0 radical (unpaired) electrons. The summed E-state index contributed by atoms with van der Waals surface area (Å²) in [5.41, 5.74) is 2.49. The van der Waals surface area contributed by atoms with Crippen LogP contribution in [0.25, 0.3) is 0 Å². The first-order valence-corrected chi connectivity index (χ1v) is 7.72. The Kier molecular flexibility index (Phi) is 5.82. The lowest BCUT2D eigenvalue weighted by Crippen LogP contribution is -2.34. The standard InChI is InChI=1S/C19H25NO/c1-4-13-20-19(17-10-6-5-7-11-17)16(3)21-18-12-8-9-15(2)14-18/h5-12,14,16,19-20H,4,13H2,1-3H3. The minimum Gasteiger partial charge on any atom is -0.489 e. The molecule has 2 heteroatoms. The van der Waals surface area contributed by atoms with E-state index in [1.54, 1.807) is 0 Å². The molecule has 0 saturated carbocycles. The molecule has 112 valence electrons. The first-order valence-electron chi connectivity index (χ1n) is 7.72. The normalized spacial score (nSPS) is 13.7. The van der Waals surface area contributed by atoms with E-state index in [2.05, 4.69) is 62.5 Å². The van der Waals surface area contributed by atoms with E-state index in [1.807, 2.05) is 18.2 Å². The van der Waals surface area contributed by atoms with E-state index in [0.717, 1.165) is 18.7 Å². The van der Waals surface area contributed by atoms with Gasteiger partial charge in [-0.1, -0.05) is 49.4 Å². The molecule has 0 spiro atoms. The highest BCUT2D eigenvalue weighted by Gasteiger charge is 2.20. The molecule has 0 bridgehead atoms. The molecule has 2 atom stereocenters. The molecule has 1 N–H and O–H groups in total. The third kappa shape index (κ3) is 4.61. The van der Waals surface area contributed by atoms with E-state index in [4.69, 9.17) is 4.74 Å². The van der Waals surface area contributed by atoms with Crippen molar-refractivity contribution in [1.82, 2.24) is 5.32 Å². The van der Waals surface area contributed by atoms with Gasteiger partial charge in [-0.05, 0) is 50.1 Å². The number of hydrogen-bond acceptors (Lipinski definition) is 2. The minimum absolute atomic E-state index is 0.0701. The van der Waals surface area contributed by atoms with Crippen LogP contribution in [0, 0.1) is 6.92 Å². The van der Waals surface area contributed by atoms with Crippen LogP contribution in [0.4, 0.5) is 0 Å². The van der Waals surface area contributed by atoms with Crippen LogP contribution >= 0.6 is 0 Å². The zero-order chi connectivity index (χ0) is 15.1. The molecule has 2 aromatic rings. The molecule has 0 saturated heterocycles. The predicted octanol–water partition coefficient (Wildman–Crippen LogP) is 4.50. The Labute approximate surface area is 128 Å². The number of aryl methyl sites for hydroxylation is 1. The number of hydrogen-bond donors (Lipinski definition) is 1. The van der Waals surface area contributed by atoms with Crippen molar-refractivity contribution in [2.45, 2.75) is 39.3 Å². The molecule has 0 aromatic heterocycles. The summed E-state index contributed by atoms with van der Waals surface area (Å²) >= 11 is 0. The summed E-state index contributed by atoms with van der Waals surface area (Å²) in [5.74, 6) is 0.932. The van der Waals surface area contributed by atoms with Gasteiger partial charge in [0.2, 0.25) is 0 Å². The molecule has 0 aliphatic rings. The largest absolute Gasteiger partial charge is 0.489 e. The van der Waals surface area contributed by atoms with E-state index in [0.29, 0.717) is 0 Å². The molecule has 21 heavy (non-hydrogen) atoms. The van der Waals surface area contributed by atoms with Gasteiger partial charge in [0.15, 0.2) is 0 Å². The molecule has 0 aliphatic heterocycles. The third-order valence-corrected chi connectivity index (χ3v) is 3.55. The van der Waals surface area contributed by atoms with Gasteiger partial charge >= 0.3 is 0 Å². The Bertz CT molecular complexity index is 538. The average Bonchev–Trinajstić information content (AvgIpc) is 2.49. The monoisotopic (exact) mass is 283 g/mol. The summed E-state index contributed by atoms with van der Waals surface area (Å²) in [6.45, 7) is 7.38. The van der Waals surface area contributed by atoms with Crippen LogP contribution in [-0.4, -0.2) is 12.6 Å². The zero-order valence-corrected chi connectivity index (χ0v) is 13.2. The molecular formula is C19H25NO. The van der Waals surface area contributed by atoms with Crippen molar-refractivity contribution in [1.29, 1.82) is 0 Å². The van der Waals surface area contributed by atoms with Crippen molar-refractivity contribution in [2.24, 2.45) is 0 Å². The van der Waals surface area contributed by atoms with Gasteiger partial charge in [0.25, 0.3) is 0 Å². The van der Waals surface area contributed by atoms with Crippen molar-refractivity contribution >= 4 is 0 Å². The summed E-state index contributed by atoms with van der Waals surface area (Å²) in [6, 6.07) is 18.9. The molecule has 0 aliphatic carbocycles. The van der Waals surface area contributed by atoms with Gasteiger partial charge in [-0.25, -0.2) is 0 Å². The van der Waals surface area contributed by atoms with Crippen LogP contribution in [0.15, 0.2) is 54.6 Å². The van der Waals surface area contributed by atoms with E-state index in [9.17, 15) is 0 Å². The van der Waals surface area contributed by atoms with Gasteiger partial charge < -0.3 is 10.1 Å². The Morgan fingerprint density at radius 3 is 2.48 bits per heavy atom. The van der Waals surface area contributed by atoms with Crippen LogP contribution in [-0.2, 0) is 0 Å². The van der Waals surface area contributed by atoms with Crippen molar-refractivity contribution in [3.8, 4) is 5.75 Å². The van der Waals surface area contributed by atoms with Crippen molar-refractivity contribution in [3.05, 3.63) is 65.7 Å². The van der Waals surface area contributed by atoms with Crippen LogP contribution in [0.5, 0.6) is 5.75 Å². The number of ether oxygens (including phenoxy) is 1.